The number of amides is 6. The molecule has 2 saturated heterocycles. The lowest BCUT2D eigenvalue weighted by Crippen LogP contribution is -2.65. The number of carbonyl (C=O) groups excluding carboxylic acids is 8. The van der Waals surface area contributed by atoms with Gasteiger partial charge in [0.1, 0.15) is 83.2 Å². The summed E-state index contributed by atoms with van der Waals surface area (Å²) in [6, 6.07) is 9.18. The topological polar surface area (TPSA) is 588 Å². The number of ether oxygens (including phenoxy) is 6. The number of rotatable bonds is 20. The van der Waals surface area contributed by atoms with E-state index in [2.05, 4.69) is 36.9 Å². The number of carbonyl (C=O) groups is 9. The number of hydrogen-bond acceptors (Lipinski definition) is 29. The van der Waals surface area contributed by atoms with E-state index in [0.717, 1.165) is 66.7 Å². The number of phenols is 3. The summed E-state index contributed by atoms with van der Waals surface area (Å²) >= 11 is 14.3. The van der Waals surface area contributed by atoms with Crippen LogP contribution in [0.1, 0.15) is 153 Å². The number of carboxylic acid groups (broad SMARTS) is 1. The maximum absolute atomic E-state index is 16.4. The monoisotopic (exact) mass is 1760 g/mol. The number of nitrogens with zero attached hydrogens (tertiary/aromatic N) is 3. The number of aliphatic carboxylic acids is 1. The second kappa shape index (κ2) is 37.7. The number of nitrogens with one attached hydrogen (secondary N) is 6. The zero-order chi connectivity index (χ0) is 90.1. The molecular weight excluding hydrogens is 1670 g/mol. The zero-order valence-corrected chi connectivity index (χ0v) is 69.1. The van der Waals surface area contributed by atoms with Gasteiger partial charge in [-0.1, -0.05) is 62.2 Å². The third kappa shape index (κ3) is 19.7. The molecule has 660 valence electrons. The van der Waals surface area contributed by atoms with E-state index in [1.807, 2.05) is 13.8 Å². The van der Waals surface area contributed by atoms with Crippen LogP contribution in [-0.4, -0.2) is 198 Å². The van der Waals surface area contributed by atoms with E-state index in [1.54, 1.807) is 13.8 Å². The lowest BCUT2D eigenvalue weighted by Gasteiger charge is -2.48. The largest absolute Gasteiger partial charge is 0.508 e. The Balaban J connectivity index is 0.989. The van der Waals surface area contributed by atoms with Gasteiger partial charge in [-0.2, -0.15) is 4.98 Å². The van der Waals surface area contributed by atoms with Crippen LogP contribution in [0.5, 0.6) is 46.0 Å². The van der Waals surface area contributed by atoms with Crippen molar-refractivity contribution in [2.24, 2.45) is 23.5 Å². The number of aryl methyl sites for hydroxylation is 2. The Morgan fingerprint density at radius 2 is 1.41 bits per heavy atom. The Hall–Kier alpha value is -11.8. The molecule has 40 heteroatoms. The number of primary amides is 1. The summed E-state index contributed by atoms with van der Waals surface area (Å²) in [5.41, 5.74) is 1.33. The molecule has 6 amide bonds. The standard InChI is InChI=1S/C84H92Cl2N10O28/c1-8-38(19-34(2)3)76(109)93-66-53(101)25-44(28-60(87)103)78(111)91-64-42-26-57(120-55-13-10-40(69(66)104)23-49(55)85)73(58(27-42)121-56-14-11-41(24-50(56)86)70(105)67-80(113)92-65(81(114)115)48-29-45(98)30-52(100)63(48)47-22-39(9-12-51(47)99)46(31-54(64)102)79(112)94-67)124-82-74(72(107)71(106)59(33-97)122-82)123-62-32-84(7,75(108)37(6)119-62)88-16-18-95-17-15-61(90-83(95)116)89-77(110)43-20-35(4)68(96(117)118)36(5)21-43/h9-15,17,20-24,26-27,29-30,34,37-38,44,46,59,62,64-67,69-72,74-75,82,88,97-100,104-108H,8,16,18-19,25,28,31-33H2,1-7H3,(H2,87,103)(H,91,111)(H,92,113)(H,93,109)(H,94,112)(H,114,115)(H,89,90,110,116)/t37-,38+,44-,46+,59+,62-,64?,65+,66-,67-,69+,70+,71+,72-,74+,75+,82?,84-/m0/s1. The van der Waals surface area contributed by atoms with Crippen LogP contribution in [0.2, 0.25) is 10.0 Å². The minimum absolute atomic E-state index is 0.0464. The quantitative estimate of drug-likeness (QED) is 0.0345. The number of halogens is 2. The van der Waals surface area contributed by atoms with Crippen LogP contribution >= 0.6 is 23.2 Å². The van der Waals surface area contributed by atoms with Crippen molar-refractivity contribution in [1.82, 2.24) is 36.1 Å². The van der Waals surface area contributed by atoms with E-state index in [-0.39, 0.29) is 87.5 Å². The predicted octanol–water partition coefficient (Wildman–Crippen LogP) is 5.19. The zero-order valence-electron chi connectivity index (χ0n) is 67.6. The second-order valence-electron chi connectivity index (χ2n) is 31.9. The molecule has 7 aromatic rings. The highest BCUT2D eigenvalue weighted by molar-refractivity contribution is 6.32. The summed E-state index contributed by atoms with van der Waals surface area (Å²) < 4.78 is 40.6. The highest BCUT2D eigenvalue weighted by Gasteiger charge is 2.52. The molecule has 2 fully saturated rings. The molecule has 7 aliphatic rings. The number of aliphatic hydroxyl groups excluding tert-OH is 6. The SMILES string of the molecule is CC[C@H](CC(C)C)C(=O)N[C@H]1C(=O)C[C@@H](CC(N)=O)C(=O)NC2C(=O)C[C@H]3C(=O)N[C@H](C(=O)N[C@@H](C(=O)O)c4cc(O)cc(O)c4-c4cc3ccc4O)[C@H](O)c3ccc(c(Cl)c3)Oc3cc2cc(c3OC2O[C@H](CO)[C@@H](O)[C@H](O)[C@H]2O[C@H]2C[C@](C)(NCCn3ccc(NC(=O)c4cc(C)c([N+](=O)[O-])c(C)c4)nc3=O)[C@H](O)[C@H](C)O2)Oc2ccc(cc2Cl)[C@H]1O. The summed E-state index contributed by atoms with van der Waals surface area (Å²) in [6.45, 7) is 10.3. The number of nitro groups is 1. The molecule has 18 atom stereocenters. The van der Waals surface area contributed by atoms with E-state index in [9.17, 15) is 89.9 Å². The van der Waals surface area contributed by atoms with Crippen LogP contribution in [0.4, 0.5) is 11.5 Å². The van der Waals surface area contributed by atoms with Crippen LogP contribution in [0.15, 0.2) is 108 Å². The molecule has 14 rings (SSSR count). The van der Waals surface area contributed by atoms with Gasteiger partial charge in [-0.05, 0) is 142 Å². The Morgan fingerprint density at radius 1 is 0.766 bits per heavy atom. The molecule has 2 unspecified atom stereocenters. The summed E-state index contributed by atoms with van der Waals surface area (Å²) in [5, 5.41) is 143. The summed E-state index contributed by atoms with van der Waals surface area (Å²) in [4.78, 5) is 161. The fourth-order valence-electron chi connectivity index (χ4n) is 16.1. The summed E-state index contributed by atoms with van der Waals surface area (Å²) in [5.74, 6) is -20.5. The molecule has 11 bridgehead atoms. The lowest BCUT2D eigenvalue weighted by molar-refractivity contribution is -0.386. The minimum atomic E-state index is -2.29. The number of hydrogen-bond donors (Lipinski definition) is 17. The smallest absolute Gasteiger partial charge is 0.349 e. The fraction of sp³-hybridized carbons (Fsp3) is 0.417. The van der Waals surface area contributed by atoms with Crippen molar-refractivity contribution < 1.29 is 128 Å². The number of fused-ring (bicyclic) bond motifs is 15. The van der Waals surface area contributed by atoms with Gasteiger partial charge >= 0.3 is 11.7 Å². The third-order valence-electron chi connectivity index (χ3n) is 22.5. The molecular formula is C84H92Cl2N10O28. The first-order valence-electron chi connectivity index (χ1n) is 39.5. The number of ketones is 2. The average Bonchev–Trinajstić information content (AvgIpc) is 0.763. The van der Waals surface area contributed by atoms with E-state index in [1.165, 1.54) is 61.9 Å². The first-order valence-corrected chi connectivity index (χ1v) is 40.2. The number of anilines is 1. The van der Waals surface area contributed by atoms with Crippen molar-refractivity contribution in [3.8, 4) is 57.1 Å². The van der Waals surface area contributed by atoms with E-state index in [4.69, 9.17) is 57.4 Å². The summed E-state index contributed by atoms with van der Waals surface area (Å²) in [6.07, 6.45) is -19.8. The Morgan fingerprint density at radius 3 is 2.01 bits per heavy atom. The van der Waals surface area contributed by atoms with Gasteiger partial charge in [0, 0.05) is 95.9 Å². The van der Waals surface area contributed by atoms with Crippen LogP contribution in [0.25, 0.3) is 11.1 Å². The molecule has 0 radical (unpaired) electrons. The summed E-state index contributed by atoms with van der Waals surface area (Å²) in [7, 11) is 0. The Kier molecular flexibility index (Phi) is 27.8. The maximum atomic E-state index is 16.4. The van der Waals surface area contributed by atoms with Crippen molar-refractivity contribution in [1.29, 1.82) is 0 Å². The van der Waals surface area contributed by atoms with Gasteiger partial charge in [0.2, 0.25) is 41.6 Å². The number of phenolic OH excluding ortho intramolecular Hbond substituents is 3. The third-order valence-corrected chi connectivity index (χ3v) is 23.1. The molecule has 0 aliphatic carbocycles. The number of carboxylic acids is 1. The number of benzene rings is 6. The van der Waals surface area contributed by atoms with Crippen molar-refractivity contribution in [3.63, 3.8) is 0 Å². The molecule has 38 nitrogen and oxygen atoms in total. The molecule has 18 N–H and O–H groups in total. The van der Waals surface area contributed by atoms with Gasteiger partial charge in [-0.25, -0.2) is 9.59 Å². The van der Waals surface area contributed by atoms with Crippen LogP contribution in [0, 0.1) is 41.7 Å². The lowest BCUT2D eigenvalue weighted by atomic mass is 9.84. The van der Waals surface area contributed by atoms with Crippen LogP contribution < -0.4 is 57.5 Å². The fourth-order valence-corrected chi connectivity index (χ4v) is 16.5. The number of nitrogens with two attached hydrogens (primary N) is 1. The molecule has 1 aromatic heterocycles. The number of Topliss-reactive ketones (excluding diaryl/α,β-unsaturated/α-hetero) is 2. The highest BCUT2D eigenvalue weighted by atomic mass is 35.5. The molecule has 8 heterocycles. The van der Waals surface area contributed by atoms with Gasteiger partial charge in [0.15, 0.2) is 41.5 Å². The normalized spacial score (nSPS) is 26.2. The molecule has 7 aliphatic heterocycles. The van der Waals surface area contributed by atoms with Gasteiger partial charge in [0.25, 0.3) is 11.6 Å². The van der Waals surface area contributed by atoms with Crippen LogP contribution in [-0.2, 0) is 59.1 Å². The van der Waals surface area contributed by atoms with Gasteiger partial charge in [0.05, 0.1) is 45.6 Å². The number of aromatic hydroxyl groups is 3. The molecule has 6 aromatic carbocycles. The highest BCUT2D eigenvalue weighted by Crippen LogP contribution is 2.51. The average molecular weight is 1760 g/mol. The van der Waals surface area contributed by atoms with Crippen molar-refractivity contribution >= 4 is 87.7 Å². The van der Waals surface area contributed by atoms with E-state index in [0.29, 0.717) is 6.42 Å². The van der Waals surface area contributed by atoms with E-state index >= 15 is 19.2 Å². The first kappa shape index (κ1) is 91.4. The van der Waals surface area contributed by atoms with Gasteiger partial charge in [-0.3, -0.25) is 53.0 Å². The number of aromatic nitrogens is 2. The maximum Gasteiger partial charge on any atom is 0.349 e. The first-order chi connectivity index (χ1) is 58.6. The number of nitro benzene ring substituents is 1. The predicted molar refractivity (Wildman–Crippen MR) is 436 cm³/mol. The van der Waals surface area contributed by atoms with Crippen molar-refractivity contribution in [2.45, 2.75) is 191 Å². The van der Waals surface area contributed by atoms with Gasteiger partial charge in [-0.15, -0.1) is 0 Å². The minimum Gasteiger partial charge on any atom is -0.508 e. The molecule has 124 heavy (non-hydrogen) atoms. The Bertz CT molecular complexity index is 5420. The van der Waals surface area contributed by atoms with Crippen molar-refractivity contribution in [3.05, 3.63) is 178 Å². The molecule has 0 saturated carbocycles. The number of aliphatic hydroxyl groups is 6. The Labute approximate surface area is 716 Å². The van der Waals surface area contributed by atoms with Crippen LogP contribution in [0.3, 0.4) is 0 Å². The van der Waals surface area contributed by atoms with Crippen molar-refractivity contribution in [2.75, 3.05) is 18.5 Å². The van der Waals surface area contributed by atoms with Gasteiger partial charge < -0.3 is 117 Å². The molecule has 0 spiro atoms. The van der Waals surface area contributed by atoms with E-state index < -0.39 is 266 Å². The second-order valence-corrected chi connectivity index (χ2v) is 32.7.